The number of hydrogen-bond donors (Lipinski definition) is 1. The van der Waals surface area contributed by atoms with Crippen molar-refractivity contribution in [1.82, 2.24) is 4.98 Å². The zero-order chi connectivity index (χ0) is 18.0. The number of hydrogen-bond acceptors (Lipinski definition) is 3. The fourth-order valence-corrected chi connectivity index (χ4v) is 2.57. The van der Waals surface area contributed by atoms with Crippen molar-refractivity contribution in [3.8, 4) is 0 Å². The Labute approximate surface area is 146 Å². The van der Waals surface area contributed by atoms with E-state index in [1.54, 1.807) is 6.20 Å². The molecule has 2 aromatic rings. The van der Waals surface area contributed by atoms with Gasteiger partial charge in [-0.15, -0.1) is 0 Å². The van der Waals surface area contributed by atoms with E-state index in [0.717, 1.165) is 16.9 Å². The van der Waals surface area contributed by atoms with Crippen molar-refractivity contribution >= 4 is 11.9 Å². The SMILES string of the molecule is CC(C)(C)c1cc(/C=N/Cc2ccccn2)c(N)c(C(C)(C)C)c1. The maximum atomic E-state index is 6.45. The van der Waals surface area contributed by atoms with E-state index >= 15 is 0 Å². The zero-order valence-electron chi connectivity index (χ0n) is 15.7. The van der Waals surface area contributed by atoms with Crippen LogP contribution in [-0.2, 0) is 17.4 Å². The average Bonchev–Trinajstić information content (AvgIpc) is 2.47. The van der Waals surface area contributed by atoms with Crippen LogP contribution in [0.3, 0.4) is 0 Å². The number of nitrogens with two attached hydrogens (primary N) is 1. The van der Waals surface area contributed by atoms with Crippen LogP contribution in [0.1, 0.15) is 63.9 Å². The maximum absolute atomic E-state index is 6.45. The summed E-state index contributed by atoms with van der Waals surface area (Å²) in [5.74, 6) is 0. The van der Waals surface area contributed by atoms with Gasteiger partial charge in [0.15, 0.2) is 0 Å². The van der Waals surface area contributed by atoms with Gasteiger partial charge in [-0.1, -0.05) is 53.7 Å². The van der Waals surface area contributed by atoms with Gasteiger partial charge in [-0.3, -0.25) is 9.98 Å². The summed E-state index contributed by atoms with van der Waals surface area (Å²) in [6.45, 7) is 13.8. The largest absolute Gasteiger partial charge is 0.398 e. The summed E-state index contributed by atoms with van der Waals surface area (Å²) in [6, 6.07) is 10.3. The molecule has 1 aromatic heterocycles. The van der Waals surface area contributed by atoms with E-state index in [-0.39, 0.29) is 10.8 Å². The normalized spacial score (nSPS) is 12.8. The van der Waals surface area contributed by atoms with E-state index in [9.17, 15) is 0 Å². The van der Waals surface area contributed by atoms with Crippen LogP contribution < -0.4 is 5.73 Å². The quantitative estimate of drug-likeness (QED) is 0.646. The lowest BCUT2D eigenvalue weighted by atomic mass is 9.78. The second kappa shape index (κ2) is 6.76. The molecule has 0 aliphatic carbocycles. The van der Waals surface area contributed by atoms with E-state index in [1.165, 1.54) is 11.1 Å². The highest BCUT2D eigenvalue weighted by Crippen LogP contribution is 2.34. The summed E-state index contributed by atoms with van der Waals surface area (Å²) in [6.07, 6.45) is 3.67. The van der Waals surface area contributed by atoms with Gasteiger partial charge in [0.25, 0.3) is 0 Å². The molecule has 1 heterocycles. The first kappa shape index (κ1) is 18.2. The molecule has 0 saturated carbocycles. The molecular formula is C21H29N3. The van der Waals surface area contributed by atoms with Gasteiger partial charge in [0.2, 0.25) is 0 Å². The van der Waals surface area contributed by atoms with Crippen LogP contribution in [-0.4, -0.2) is 11.2 Å². The molecule has 0 bridgehead atoms. The van der Waals surface area contributed by atoms with Gasteiger partial charge in [0.1, 0.15) is 0 Å². The number of benzene rings is 1. The van der Waals surface area contributed by atoms with Crippen molar-refractivity contribution in [1.29, 1.82) is 0 Å². The van der Waals surface area contributed by atoms with Gasteiger partial charge in [-0.05, 0) is 40.2 Å². The predicted molar refractivity (Wildman–Crippen MR) is 104 cm³/mol. The molecule has 0 spiro atoms. The van der Waals surface area contributed by atoms with Crippen LogP contribution in [0.2, 0.25) is 0 Å². The minimum atomic E-state index is -0.00504. The second-order valence-electron chi connectivity index (χ2n) is 8.32. The molecule has 0 unspecified atom stereocenters. The number of nitrogen functional groups attached to an aromatic ring is 1. The Bertz CT molecular complexity index is 717. The molecule has 0 atom stereocenters. The van der Waals surface area contributed by atoms with Crippen molar-refractivity contribution in [2.24, 2.45) is 4.99 Å². The van der Waals surface area contributed by atoms with Crippen molar-refractivity contribution in [2.45, 2.75) is 58.9 Å². The van der Waals surface area contributed by atoms with Crippen molar-refractivity contribution < 1.29 is 0 Å². The second-order valence-corrected chi connectivity index (χ2v) is 8.32. The van der Waals surface area contributed by atoms with E-state index in [2.05, 4.69) is 63.7 Å². The Morgan fingerprint density at radius 1 is 1.04 bits per heavy atom. The van der Waals surface area contributed by atoms with Gasteiger partial charge in [-0.2, -0.15) is 0 Å². The van der Waals surface area contributed by atoms with Crippen LogP contribution >= 0.6 is 0 Å². The van der Waals surface area contributed by atoms with E-state index < -0.39 is 0 Å². The Hall–Kier alpha value is -2.16. The lowest BCUT2D eigenvalue weighted by Gasteiger charge is -2.27. The summed E-state index contributed by atoms with van der Waals surface area (Å²) < 4.78 is 0. The van der Waals surface area contributed by atoms with E-state index in [4.69, 9.17) is 5.73 Å². The molecule has 1 aromatic carbocycles. The first-order valence-corrected chi connectivity index (χ1v) is 8.43. The number of aromatic nitrogens is 1. The van der Waals surface area contributed by atoms with Gasteiger partial charge in [-0.25, -0.2) is 0 Å². The van der Waals surface area contributed by atoms with Crippen LogP contribution in [0.4, 0.5) is 5.69 Å². The van der Waals surface area contributed by atoms with E-state index in [1.807, 2.05) is 24.4 Å². The molecule has 0 aliphatic rings. The number of anilines is 1. The molecule has 0 saturated heterocycles. The fourth-order valence-electron chi connectivity index (χ4n) is 2.57. The van der Waals surface area contributed by atoms with Gasteiger partial charge in [0, 0.05) is 23.7 Å². The van der Waals surface area contributed by atoms with Crippen molar-refractivity contribution in [2.75, 3.05) is 5.73 Å². The van der Waals surface area contributed by atoms with Crippen LogP contribution in [0.15, 0.2) is 41.5 Å². The smallest absolute Gasteiger partial charge is 0.0811 e. The third-order valence-corrected chi connectivity index (χ3v) is 4.10. The Morgan fingerprint density at radius 2 is 1.75 bits per heavy atom. The number of rotatable bonds is 3. The summed E-state index contributed by atoms with van der Waals surface area (Å²) in [7, 11) is 0. The molecular weight excluding hydrogens is 294 g/mol. The first-order chi connectivity index (χ1) is 11.1. The van der Waals surface area contributed by atoms with Gasteiger partial charge >= 0.3 is 0 Å². The summed E-state index contributed by atoms with van der Waals surface area (Å²) in [5, 5.41) is 0. The highest BCUT2D eigenvalue weighted by molar-refractivity contribution is 5.89. The summed E-state index contributed by atoms with van der Waals surface area (Å²) in [5.41, 5.74) is 11.7. The molecule has 2 rings (SSSR count). The van der Waals surface area contributed by atoms with Crippen LogP contribution in [0, 0.1) is 0 Å². The third-order valence-electron chi connectivity index (χ3n) is 4.10. The highest BCUT2D eigenvalue weighted by Gasteiger charge is 2.23. The Balaban J connectivity index is 2.41. The predicted octanol–water partition coefficient (Wildman–Crippen LogP) is 4.88. The minimum absolute atomic E-state index is 0.00504. The summed E-state index contributed by atoms with van der Waals surface area (Å²) >= 11 is 0. The van der Waals surface area contributed by atoms with Crippen molar-refractivity contribution in [3.63, 3.8) is 0 Å². The number of nitrogens with zero attached hydrogens (tertiary/aromatic N) is 2. The molecule has 0 aliphatic heterocycles. The van der Waals surface area contributed by atoms with E-state index in [0.29, 0.717) is 6.54 Å². The maximum Gasteiger partial charge on any atom is 0.0811 e. The lowest BCUT2D eigenvalue weighted by molar-refractivity contribution is 0.570. The molecule has 3 nitrogen and oxygen atoms in total. The molecule has 3 heteroatoms. The first-order valence-electron chi connectivity index (χ1n) is 8.43. The number of pyridine rings is 1. The molecule has 0 amide bonds. The highest BCUT2D eigenvalue weighted by atomic mass is 14.8. The van der Waals surface area contributed by atoms with Gasteiger partial charge < -0.3 is 5.73 Å². The number of aliphatic imine (C=N–C) groups is 1. The van der Waals surface area contributed by atoms with Gasteiger partial charge in [0.05, 0.1) is 12.2 Å². The molecule has 0 fully saturated rings. The topological polar surface area (TPSA) is 51.3 Å². The monoisotopic (exact) mass is 323 g/mol. The van der Waals surface area contributed by atoms with Crippen LogP contribution in [0.5, 0.6) is 0 Å². The fraction of sp³-hybridized carbons (Fsp3) is 0.429. The molecule has 128 valence electrons. The molecule has 24 heavy (non-hydrogen) atoms. The zero-order valence-corrected chi connectivity index (χ0v) is 15.7. The molecule has 2 N–H and O–H groups in total. The standard InChI is InChI=1S/C21H29N3/c1-20(2,3)16-11-15(19(22)18(12-16)21(4,5)6)13-23-14-17-9-7-8-10-24-17/h7-13H,14,22H2,1-6H3/b23-13+. The van der Waals surface area contributed by atoms with Crippen LogP contribution in [0.25, 0.3) is 0 Å². The Morgan fingerprint density at radius 3 is 2.29 bits per heavy atom. The minimum Gasteiger partial charge on any atom is -0.398 e. The lowest BCUT2D eigenvalue weighted by Crippen LogP contribution is -2.19. The summed E-state index contributed by atoms with van der Waals surface area (Å²) in [4.78, 5) is 8.85. The third kappa shape index (κ3) is 4.44. The van der Waals surface area contributed by atoms with Crippen molar-refractivity contribution in [3.05, 3.63) is 58.9 Å². The Kier molecular flexibility index (Phi) is 5.12. The average molecular weight is 323 g/mol. The molecule has 0 radical (unpaired) electrons.